The van der Waals surface area contributed by atoms with Gasteiger partial charge in [-0.05, 0) is 31.2 Å². The first-order valence-corrected chi connectivity index (χ1v) is 9.76. The molecule has 1 fully saturated rings. The highest BCUT2D eigenvalue weighted by atomic mass is 79.9. The van der Waals surface area contributed by atoms with Crippen LogP contribution in [0.3, 0.4) is 0 Å². The van der Waals surface area contributed by atoms with Gasteiger partial charge in [0.25, 0.3) is 5.91 Å². The standard InChI is InChI=1S/C21H19BrN2O5/c1-13-2-4-15(5-3-13)20(27)23-24-11-16(10-19(24)26)21(28)29-12-18(25)14-6-8-17(22)9-7-14/h2-9,16H,10-12H2,1H3,(H,23,27)/t16-/m0/s1. The van der Waals surface area contributed by atoms with Gasteiger partial charge in [0.05, 0.1) is 12.5 Å². The second-order valence-corrected chi connectivity index (χ2v) is 7.67. The summed E-state index contributed by atoms with van der Waals surface area (Å²) in [6.45, 7) is 1.51. The molecule has 2 amide bonds. The second-order valence-electron chi connectivity index (χ2n) is 6.75. The van der Waals surface area contributed by atoms with Crippen LogP contribution in [-0.2, 0) is 14.3 Å². The van der Waals surface area contributed by atoms with Crippen molar-refractivity contribution in [3.8, 4) is 0 Å². The first kappa shape index (κ1) is 20.7. The van der Waals surface area contributed by atoms with Gasteiger partial charge in [0.2, 0.25) is 5.91 Å². The Balaban J connectivity index is 1.51. The maximum atomic E-state index is 12.3. The molecular formula is C21H19BrN2O5. The Bertz CT molecular complexity index is 941. The maximum absolute atomic E-state index is 12.3. The number of esters is 1. The average molecular weight is 459 g/mol. The van der Waals surface area contributed by atoms with Crippen LogP contribution in [0.2, 0.25) is 0 Å². The lowest BCUT2D eigenvalue weighted by Crippen LogP contribution is -2.43. The number of nitrogens with zero attached hydrogens (tertiary/aromatic N) is 1. The van der Waals surface area contributed by atoms with Crippen molar-refractivity contribution in [3.05, 3.63) is 69.7 Å². The molecule has 0 spiro atoms. The number of benzene rings is 2. The Kier molecular flexibility index (Phi) is 6.43. The molecule has 0 saturated carbocycles. The van der Waals surface area contributed by atoms with Gasteiger partial charge < -0.3 is 4.74 Å². The predicted octanol–water partition coefficient (Wildman–Crippen LogP) is 2.68. The van der Waals surface area contributed by atoms with Crippen molar-refractivity contribution in [2.24, 2.45) is 5.92 Å². The predicted molar refractivity (Wildman–Crippen MR) is 108 cm³/mol. The molecule has 0 radical (unpaired) electrons. The first-order chi connectivity index (χ1) is 13.8. The van der Waals surface area contributed by atoms with Gasteiger partial charge >= 0.3 is 5.97 Å². The number of amides is 2. The third-order valence-corrected chi connectivity index (χ3v) is 5.05. The largest absolute Gasteiger partial charge is 0.457 e. The maximum Gasteiger partial charge on any atom is 0.311 e. The van der Waals surface area contributed by atoms with E-state index in [-0.39, 0.29) is 24.7 Å². The van der Waals surface area contributed by atoms with Gasteiger partial charge in [-0.25, -0.2) is 0 Å². The number of Topliss-reactive ketones (excluding diaryl/α,β-unsaturated/α-hetero) is 1. The Hall–Kier alpha value is -3.00. The molecule has 0 aromatic heterocycles. The van der Waals surface area contributed by atoms with Crippen LogP contribution in [0.1, 0.15) is 32.7 Å². The van der Waals surface area contributed by atoms with E-state index in [4.69, 9.17) is 4.74 Å². The summed E-state index contributed by atoms with van der Waals surface area (Å²) in [6, 6.07) is 13.6. The van der Waals surface area contributed by atoms with Gasteiger partial charge in [0, 0.05) is 22.0 Å². The van der Waals surface area contributed by atoms with E-state index >= 15 is 0 Å². The van der Waals surface area contributed by atoms with Crippen LogP contribution in [0.4, 0.5) is 0 Å². The number of rotatable bonds is 6. The topological polar surface area (TPSA) is 92.8 Å². The third-order valence-electron chi connectivity index (χ3n) is 4.52. The van der Waals surface area contributed by atoms with Crippen LogP contribution in [0.15, 0.2) is 53.0 Å². The van der Waals surface area contributed by atoms with Crippen LogP contribution in [0.25, 0.3) is 0 Å². The van der Waals surface area contributed by atoms with Crippen molar-refractivity contribution in [1.82, 2.24) is 10.4 Å². The van der Waals surface area contributed by atoms with Gasteiger partial charge in [-0.1, -0.05) is 45.8 Å². The van der Waals surface area contributed by atoms with Crippen LogP contribution >= 0.6 is 15.9 Å². The number of carbonyl (C=O) groups is 4. The van der Waals surface area contributed by atoms with E-state index in [1.807, 2.05) is 6.92 Å². The number of ketones is 1. The summed E-state index contributed by atoms with van der Waals surface area (Å²) in [7, 11) is 0. The van der Waals surface area contributed by atoms with E-state index in [0.29, 0.717) is 11.1 Å². The fourth-order valence-corrected chi connectivity index (χ4v) is 3.10. The number of hydrazine groups is 1. The SMILES string of the molecule is Cc1ccc(C(=O)NN2C[C@@H](C(=O)OCC(=O)c3ccc(Br)cc3)CC2=O)cc1. The summed E-state index contributed by atoms with van der Waals surface area (Å²) in [4.78, 5) is 48.7. The van der Waals surface area contributed by atoms with Crippen LogP contribution < -0.4 is 5.43 Å². The molecule has 2 aromatic rings. The molecule has 1 saturated heterocycles. The molecule has 1 N–H and O–H groups in total. The molecule has 3 rings (SSSR count). The number of ether oxygens (including phenoxy) is 1. The van der Waals surface area contributed by atoms with Crippen molar-refractivity contribution >= 4 is 39.5 Å². The molecule has 1 aliphatic rings. The first-order valence-electron chi connectivity index (χ1n) is 8.97. The van der Waals surface area contributed by atoms with Crippen LogP contribution in [-0.4, -0.2) is 41.7 Å². The van der Waals surface area contributed by atoms with Gasteiger partial charge in [0.1, 0.15) is 0 Å². The number of nitrogens with one attached hydrogen (secondary N) is 1. The van der Waals surface area contributed by atoms with Crippen LogP contribution in [0.5, 0.6) is 0 Å². The lowest BCUT2D eigenvalue weighted by atomic mass is 10.1. The molecular weight excluding hydrogens is 440 g/mol. The van der Waals surface area contributed by atoms with Crippen molar-refractivity contribution in [2.75, 3.05) is 13.2 Å². The van der Waals surface area contributed by atoms with Gasteiger partial charge in [-0.15, -0.1) is 0 Å². The molecule has 8 heteroatoms. The minimum Gasteiger partial charge on any atom is -0.457 e. The minimum atomic E-state index is -0.737. The van der Waals surface area contributed by atoms with E-state index in [2.05, 4.69) is 21.4 Å². The van der Waals surface area contributed by atoms with E-state index < -0.39 is 24.4 Å². The zero-order valence-corrected chi connectivity index (χ0v) is 17.3. The summed E-state index contributed by atoms with van der Waals surface area (Å²) in [5.74, 6) is -2.53. The average Bonchev–Trinajstić information content (AvgIpc) is 3.07. The summed E-state index contributed by atoms with van der Waals surface area (Å²) in [5.41, 5.74) is 4.36. The summed E-state index contributed by atoms with van der Waals surface area (Å²) in [6.07, 6.45) is -0.0838. The Morgan fingerprint density at radius 3 is 2.34 bits per heavy atom. The smallest absolute Gasteiger partial charge is 0.311 e. The number of carbonyl (C=O) groups excluding carboxylic acids is 4. The second kappa shape index (κ2) is 9.00. The highest BCUT2D eigenvalue weighted by Gasteiger charge is 2.36. The summed E-state index contributed by atoms with van der Waals surface area (Å²) in [5, 5.41) is 1.12. The third kappa shape index (κ3) is 5.29. The quantitative estimate of drug-likeness (QED) is 0.530. The summed E-state index contributed by atoms with van der Waals surface area (Å²) < 4.78 is 5.92. The van der Waals surface area contributed by atoms with Crippen molar-refractivity contribution < 1.29 is 23.9 Å². The molecule has 7 nitrogen and oxygen atoms in total. The van der Waals surface area contributed by atoms with Crippen LogP contribution in [0, 0.1) is 12.8 Å². The van der Waals surface area contributed by atoms with Crippen molar-refractivity contribution in [1.29, 1.82) is 0 Å². The molecule has 2 aromatic carbocycles. The zero-order valence-electron chi connectivity index (χ0n) is 15.7. The molecule has 0 bridgehead atoms. The van der Waals surface area contributed by atoms with E-state index in [0.717, 1.165) is 15.0 Å². The van der Waals surface area contributed by atoms with Crippen molar-refractivity contribution in [2.45, 2.75) is 13.3 Å². The van der Waals surface area contributed by atoms with Gasteiger partial charge in [-0.2, -0.15) is 0 Å². The van der Waals surface area contributed by atoms with E-state index in [9.17, 15) is 19.2 Å². The number of halogens is 1. The minimum absolute atomic E-state index is 0.00173. The molecule has 1 atom stereocenters. The number of hydrogen-bond acceptors (Lipinski definition) is 5. The monoisotopic (exact) mass is 458 g/mol. The normalized spacial score (nSPS) is 15.9. The summed E-state index contributed by atoms with van der Waals surface area (Å²) >= 11 is 3.28. The molecule has 150 valence electrons. The lowest BCUT2D eigenvalue weighted by Gasteiger charge is -2.17. The Labute approximate surface area is 176 Å². The number of hydrogen-bond donors (Lipinski definition) is 1. The highest BCUT2D eigenvalue weighted by Crippen LogP contribution is 2.18. The zero-order chi connectivity index (χ0) is 21.0. The van der Waals surface area contributed by atoms with Crippen molar-refractivity contribution in [3.63, 3.8) is 0 Å². The molecule has 0 aliphatic carbocycles. The van der Waals surface area contributed by atoms with E-state index in [1.54, 1.807) is 48.5 Å². The molecule has 1 aliphatic heterocycles. The molecule has 29 heavy (non-hydrogen) atoms. The van der Waals surface area contributed by atoms with Gasteiger partial charge in [0.15, 0.2) is 12.4 Å². The fourth-order valence-electron chi connectivity index (χ4n) is 2.84. The van der Waals surface area contributed by atoms with E-state index in [1.165, 1.54) is 0 Å². The Morgan fingerprint density at radius 1 is 1.07 bits per heavy atom. The number of aryl methyl sites for hydroxylation is 1. The Morgan fingerprint density at radius 2 is 1.69 bits per heavy atom. The fraction of sp³-hybridized carbons (Fsp3) is 0.238. The highest BCUT2D eigenvalue weighted by molar-refractivity contribution is 9.10. The lowest BCUT2D eigenvalue weighted by molar-refractivity contribution is -0.147. The molecule has 1 heterocycles. The molecule has 0 unspecified atom stereocenters. The van der Waals surface area contributed by atoms with Gasteiger partial charge in [-0.3, -0.25) is 29.6 Å².